The molecule has 1 atom stereocenters. The van der Waals surface area contributed by atoms with E-state index in [1.165, 1.54) is 18.4 Å². The van der Waals surface area contributed by atoms with Crippen LogP contribution in [0.1, 0.15) is 47.6 Å². The summed E-state index contributed by atoms with van der Waals surface area (Å²) in [6.07, 6.45) is 2.43. The standard InChI is InChI=1S/C13H16N4/c1-8-2-4-9(5-3-8)11(14)13-15-12(16-17-13)10-6-7-10/h2-5,10-11H,6-7,14H2,1H3,(H,15,16,17). The Morgan fingerprint density at radius 3 is 2.65 bits per heavy atom. The molecule has 17 heavy (non-hydrogen) atoms. The zero-order valence-electron chi connectivity index (χ0n) is 9.85. The lowest BCUT2D eigenvalue weighted by Crippen LogP contribution is -2.13. The summed E-state index contributed by atoms with van der Waals surface area (Å²) in [7, 11) is 0. The first-order valence-electron chi connectivity index (χ1n) is 5.98. The van der Waals surface area contributed by atoms with Crippen molar-refractivity contribution in [2.75, 3.05) is 0 Å². The molecule has 0 saturated heterocycles. The van der Waals surface area contributed by atoms with Crippen LogP contribution in [0.15, 0.2) is 24.3 Å². The van der Waals surface area contributed by atoms with Gasteiger partial charge in [-0.05, 0) is 25.3 Å². The van der Waals surface area contributed by atoms with Gasteiger partial charge in [0.2, 0.25) is 0 Å². The number of hydrogen-bond acceptors (Lipinski definition) is 3. The summed E-state index contributed by atoms with van der Waals surface area (Å²) in [5, 5.41) is 7.20. The Labute approximate surface area is 100 Å². The zero-order valence-corrected chi connectivity index (χ0v) is 9.85. The second-order valence-corrected chi connectivity index (χ2v) is 4.74. The first-order valence-corrected chi connectivity index (χ1v) is 5.98. The minimum Gasteiger partial charge on any atom is -0.318 e. The summed E-state index contributed by atoms with van der Waals surface area (Å²) in [5.41, 5.74) is 8.44. The summed E-state index contributed by atoms with van der Waals surface area (Å²) >= 11 is 0. The molecule has 0 bridgehead atoms. The van der Waals surface area contributed by atoms with Gasteiger partial charge in [0.25, 0.3) is 0 Å². The van der Waals surface area contributed by atoms with E-state index in [1.54, 1.807) is 0 Å². The highest BCUT2D eigenvalue weighted by atomic mass is 15.2. The normalized spacial score (nSPS) is 17.1. The number of hydrogen-bond donors (Lipinski definition) is 2. The van der Waals surface area contributed by atoms with Crippen LogP contribution in [0.25, 0.3) is 0 Å². The maximum atomic E-state index is 6.16. The van der Waals surface area contributed by atoms with Crippen molar-refractivity contribution in [3.8, 4) is 0 Å². The predicted molar refractivity (Wildman–Crippen MR) is 65.6 cm³/mol. The molecule has 3 rings (SSSR count). The van der Waals surface area contributed by atoms with E-state index >= 15 is 0 Å². The molecule has 4 heteroatoms. The van der Waals surface area contributed by atoms with Crippen LogP contribution in [-0.4, -0.2) is 15.2 Å². The quantitative estimate of drug-likeness (QED) is 0.844. The lowest BCUT2D eigenvalue weighted by molar-refractivity contribution is 0.786. The summed E-state index contributed by atoms with van der Waals surface area (Å²) in [6.45, 7) is 2.06. The largest absolute Gasteiger partial charge is 0.318 e. The number of rotatable bonds is 3. The van der Waals surface area contributed by atoms with Crippen molar-refractivity contribution in [3.63, 3.8) is 0 Å². The van der Waals surface area contributed by atoms with Crippen LogP contribution in [0.5, 0.6) is 0 Å². The van der Waals surface area contributed by atoms with Crippen LogP contribution < -0.4 is 5.73 Å². The number of aromatic amines is 1. The third kappa shape index (κ3) is 2.08. The summed E-state index contributed by atoms with van der Waals surface area (Å²) in [4.78, 5) is 4.48. The van der Waals surface area contributed by atoms with Crippen molar-refractivity contribution < 1.29 is 0 Å². The second kappa shape index (κ2) is 3.96. The number of aromatic nitrogens is 3. The van der Waals surface area contributed by atoms with E-state index < -0.39 is 0 Å². The predicted octanol–water partition coefficient (Wildman–Crippen LogP) is 2.04. The number of nitrogens with two attached hydrogens (primary N) is 1. The molecule has 0 radical (unpaired) electrons. The van der Waals surface area contributed by atoms with Crippen molar-refractivity contribution in [3.05, 3.63) is 47.0 Å². The van der Waals surface area contributed by atoms with Crippen LogP contribution in [0.3, 0.4) is 0 Å². The molecule has 1 heterocycles. The van der Waals surface area contributed by atoms with Crippen LogP contribution >= 0.6 is 0 Å². The average Bonchev–Trinajstić information content (AvgIpc) is 3.07. The maximum absolute atomic E-state index is 6.16. The van der Waals surface area contributed by atoms with E-state index in [1.807, 2.05) is 12.1 Å². The van der Waals surface area contributed by atoms with Gasteiger partial charge in [0.1, 0.15) is 5.82 Å². The van der Waals surface area contributed by atoms with Crippen molar-refractivity contribution in [1.82, 2.24) is 15.2 Å². The fourth-order valence-electron chi connectivity index (χ4n) is 1.89. The van der Waals surface area contributed by atoms with E-state index in [-0.39, 0.29) is 6.04 Å². The van der Waals surface area contributed by atoms with E-state index in [2.05, 4.69) is 34.2 Å². The Bertz CT molecular complexity index is 510. The molecule has 1 aliphatic carbocycles. The van der Waals surface area contributed by atoms with Gasteiger partial charge >= 0.3 is 0 Å². The first kappa shape index (κ1) is 10.5. The van der Waals surface area contributed by atoms with Gasteiger partial charge in [0.05, 0.1) is 6.04 Å². The molecule has 4 nitrogen and oxygen atoms in total. The number of nitrogens with zero attached hydrogens (tertiary/aromatic N) is 2. The average molecular weight is 228 g/mol. The Balaban J connectivity index is 1.84. The Morgan fingerprint density at radius 2 is 2.00 bits per heavy atom. The molecule has 1 aromatic carbocycles. The smallest absolute Gasteiger partial charge is 0.171 e. The lowest BCUT2D eigenvalue weighted by atomic mass is 10.1. The fraction of sp³-hybridized carbons (Fsp3) is 0.385. The van der Waals surface area contributed by atoms with Crippen LogP contribution in [0.2, 0.25) is 0 Å². The van der Waals surface area contributed by atoms with Gasteiger partial charge in [-0.1, -0.05) is 29.8 Å². The monoisotopic (exact) mass is 228 g/mol. The second-order valence-electron chi connectivity index (χ2n) is 4.74. The SMILES string of the molecule is Cc1ccc(C(N)c2n[nH]c(C3CC3)n2)cc1. The maximum Gasteiger partial charge on any atom is 0.171 e. The topological polar surface area (TPSA) is 67.6 Å². The van der Waals surface area contributed by atoms with E-state index in [9.17, 15) is 0 Å². The van der Waals surface area contributed by atoms with E-state index in [0.29, 0.717) is 11.7 Å². The van der Waals surface area contributed by atoms with Gasteiger partial charge in [0, 0.05) is 5.92 Å². The number of H-pyrrole nitrogens is 1. The van der Waals surface area contributed by atoms with Crippen molar-refractivity contribution in [2.45, 2.75) is 31.7 Å². The Hall–Kier alpha value is -1.68. The molecule has 1 aromatic heterocycles. The van der Waals surface area contributed by atoms with Gasteiger partial charge in [-0.2, -0.15) is 5.10 Å². The van der Waals surface area contributed by atoms with E-state index in [4.69, 9.17) is 5.73 Å². The number of benzene rings is 1. The van der Waals surface area contributed by atoms with Crippen molar-refractivity contribution in [1.29, 1.82) is 0 Å². The van der Waals surface area contributed by atoms with Crippen LogP contribution in [-0.2, 0) is 0 Å². The summed E-state index contributed by atoms with van der Waals surface area (Å²) in [6, 6.07) is 7.95. The molecule has 88 valence electrons. The zero-order chi connectivity index (χ0) is 11.8. The Morgan fingerprint density at radius 1 is 1.29 bits per heavy atom. The van der Waals surface area contributed by atoms with Crippen LogP contribution in [0.4, 0.5) is 0 Å². The molecule has 0 aliphatic heterocycles. The molecule has 2 aromatic rings. The molecular formula is C13H16N4. The highest BCUT2D eigenvalue weighted by molar-refractivity contribution is 5.27. The molecule has 3 N–H and O–H groups in total. The van der Waals surface area contributed by atoms with Gasteiger partial charge in [-0.15, -0.1) is 0 Å². The third-order valence-corrected chi connectivity index (χ3v) is 3.20. The highest BCUT2D eigenvalue weighted by Crippen LogP contribution is 2.38. The molecular weight excluding hydrogens is 212 g/mol. The number of aryl methyl sites for hydroxylation is 1. The minimum absolute atomic E-state index is 0.237. The number of nitrogens with one attached hydrogen (secondary N) is 1. The third-order valence-electron chi connectivity index (χ3n) is 3.20. The van der Waals surface area contributed by atoms with Crippen molar-refractivity contribution >= 4 is 0 Å². The van der Waals surface area contributed by atoms with Gasteiger partial charge in [-0.25, -0.2) is 4.98 Å². The van der Waals surface area contributed by atoms with Crippen molar-refractivity contribution in [2.24, 2.45) is 5.73 Å². The first-order chi connectivity index (χ1) is 8.24. The van der Waals surface area contributed by atoms with Gasteiger partial charge in [-0.3, -0.25) is 5.10 Å². The Kier molecular flexibility index (Phi) is 2.44. The molecule has 1 aliphatic rings. The van der Waals surface area contributed by atoms with Gasteiger partial charge in [0.15, 0.2) is 5.82 Å². The van der Waals surface area contributed by atoms with Crippen LogP contribution in [0, 0.1) is 6.92 Å². The summed E-state index contributed by atoms with van der Waals surface area (Å²) < 4.78 is 0. The summed E-state index contributed by atoms with van der Waals surface area (Å²) in [5.74, 6) is 2.26. The molecule has 1 fully saturated rings. The molecule has 1 saturated carbocycles. The minimum atomic E-state index is -0.237. The fourth-order valence-corrected chi connectivity index (χ4v) is 1.89. The highest BCUT2D eigenvalue weighted by Gasteiger charge is 2.28. The molecule has 0 amide bonds. The van der Waals surface area contributed by atoms with E-state index in [0.717, 1.165) is 11.4 Å². The molecule has 1 unspecified atom stereocenters. The van der Waals surface area contributed by atoms with Gasteiger partial charge < -0.3 is 5.73 Å². The molecule has 0 spiro atoms. The lowest BCUT2D eigenvalue weighted by Gasteiger charge is -2.07.